The number of nitrogens with two attached hydrogens (primary N) is 1. The second-order valence-corrected chi connectivity index (χ2v) is 5.56. The normalized spacial score (nSPS) is 11.1. The zero-order valence-corrected chi connectivity index (χ0v) is 12.2. The predicted octanol–water partition coefficient (Wildman–Crippen LogP) is 2.89. The number of benzene rings is 1. The van der Waals surface area contributed by atoms with E-state index in [1.165, 1.54) is 11.9 Å². The number of fused-ring (bicyclic) bond motifs is 1. The smallest absolute Gasteiger partial charge is 0.164 e. The SMILES string of the molecule is CCn1nc(Sc2cccc(C)c2)c2c(N)ncnc21. The maximum atomic E-state index is 5.99. The zero-order valence-electron chi connectivity index (χ0n) is 11.4. The van der Waals surface area contributed by atoms with Gasteiger partial charge in [0, 0.05) is 11.4 Å². The first kappa shape index (κ1) is 12.9. The Morgan fingerprint density at radius 1 is 1.30 bits per heavy atom. The van der Waals surface area contributed by atoms with E-state index in [4.69, 9.17) is 5.73 Å². The molecular formula is C14H15N5S. The Kier molecular flexibility index (Phi) is 3.31. The summed E-state index contributed by atoms with van der Waals surface area (Å²) in [6, 6.07) is 8.30. The van der Waals surface area contributed by atoms with Crippen LogP contribution < -0.4 is 5.73 Å². The highest BCUT2D eigenvalue weighted by Crippen LogP contribution is 2.34. The number of hydrogen-bond acceptors (Lipinski definition) is 5. The Bertz CT molecular complexity index is 765. The lowest BCUT2D eigenvalue weighted by Crippen LogP contribution is -1.98. The van der Waals surface area contributed by atoms with E-state index in [2.05, 4.69) is 40.2 Å². The summed E-state index contributed by atoms with van der Waals surface area (Å²) in [7, 11) is 0. The van der Waals surface area contributed by atoms with Gasteiger partial charge in [-0.25, -0.2) is 14.6 Å². The molecule has 0 radical (unpaired) electrons. The summed E-state index contributed by atoms with van der Waals surface area (Å²) in [6.45, 7) is 4.86. The largest absolute Gasteiger partial charge is 0.383 e. The third-order valence-corrected chi connectivity index (χ3v) is 4.00. The summed E-state index contributed by atoms with van der Waals surface area (Å²) < 4.78 is 1.85. The van der Waals surface area contributed by atoms with Crippen LogP contribution in [0.5, 0.6) is 0 Å². The fourth-order valence-electron chi connectivity index (χ4n) is 2.08. The number of nitrogen functional groups attached to an aromatic ring is 1. The molecule has 0 saturated carbocycles. The number of aromatic nitrogens is 4. The molecule has 20 heavy (non-hydrogen) atoms. The van der Waals surface area contributed by atoms with Crippen LogP contribution in [0.3, 0.4) is 0 Å². The summed E-state index contributed by atoms with van der Waals surface area (Å²) in [5.74, 6) is 0.477. The third kappa shape index (κ3) is 2.22. The van der Waals surface area contributed by atoms with Crippen molar-refractivity contribution in [2.45, 2.75) is 30.3 Å². The Hall–Kier alpha value is -2.08. The molecule has 6 heteroatoms. The summed E-state index contributed by atoms with van der Waals surface area (Å²) in [5, 5.41) is 6.28. The molecular weight excluding hydrogens is 270 g/mol. The van der Waals surface area contributed by atoms with Gasteiger partial charge < -0.3 is 5.73 Å². The number of nitrogens with zero attached hydrogens (tertiary/aromatic N) is 4. The summed E-state index contributed by atoms with van der Waals surface area (Å²) in [6.07, 6.45) is 1.48. The number of hydrogen-bond donors (Lipinski definition) is 1. The number of aryl methyl sites for hydroxylation is 2. The Morgan fingerprint density at radius 3 is 2.90 bits per heavy atom. The topological polar surface area (TPSA) is 69.6 Å². The first-order valence-corrected chi connectivity index (χ1v) is 7.22. The molecule has 3 rings (SSSR count). The van der Waals surface area contributed by atoms with Crippen LogP contribution in [0, 0.1) is 6.92 Å². The molecule has 2 aromatic heterocycles. The quantitative estimate of drug-likeness (QED) is 0.801. The second-order valence-electron chi connectivity index (χ2n) is 4.50. The fraction of sp³-hybridized carbons (Fsp3) is 0.214. The molecule has 1 aromatic carbocycles. The Balaban J connectivity index is 2.12. The number of anilines is 1. The van der Waals surface area contributed by atoms with Gasteiger partial charge in [-0.15, -0.1) is 0 Å². The highest BCUT2D eigenvalue weighted by Gasteiger charge is 2.15. The minimum Gasteiger partial charge on any atom is -0.383 e. The molecule has 0 aliphatic carbocycles. The third-order valence-electron chi connectivity index (χ3n) is 3.03. The maximum Gasteiger partial charge on any atom is 0.164 e. The molecule has 0 bridgehead atoms. The van der Waals surface area contributed by atoms with Gasteiger partial charge in [-0.3, -0.25) is 0 Å². The van der Waals surface area contributed by atoms with Crippen LogP contribution in [0.15, 0.2) is 40.5 Å². The van der Waals surface area contributed by atoms with Crippen LogP contribution >= 0.6 is 11.8 Å². The van der Waals surface area contributed by atoms with E-state index < -0.39 is 0 Å². The number of rotatable bonds is 3. The first-order valence-electron chi connectivity index (χ1n) is 6.40. The second kappa shape index (κ2) is 5.13. The van der Waals surface area contributed by atoms with Crippen LogP contribution in [-0.2, 0) is 6.54 Å². The average molecular weight is 285 g/mol. The molecule has 0 saturated heterocycles. The van der Waals surface area contributed by atoms with Crippen molar-refractivity contribution in [1.29, 1.82) is 0 Å². The van der Waals surface area contributed by atoms with Crippen molar-refractivity contribution in [3.63, 3.8) is 0 Å². The van der Waals surface area contributed by atoms with Crippen molar-refractivity contribution < 1.29 is 0 Å². The van der Waals surface area contributed by atoms with Crippen molar-refractivity contribution in [1.82, 2.24) is 19.7 Å². The average Bonchev–Trinajstić information content (AvgIpc) is 2.78. The highest BCUT2D eigenvalue weighted by atomic mass is 32.2. The molecule has 5 nitrogen and oxygen atoms in total. The van der Waals surface area contributed by atoms with E-state index in [0.29, 0.717) is 5.82 Å². The summed E-state index contributed by atoms with van der Waals surface area (Å²) >= 11 is 1.59. The van der Waals surface area contributed by atoms with Gasteiger partial charge in [0.1, 0.15) is 17.2 Å². The molecule has 2 heterocycles. The van der Waals surface area contributed by atoms with Gasteiger partial charge in [0.15, 0.2) is 5.65 Å². The van der Waals surface area contributed by atoms with Gasteiger partial charge in [0.2, 0.25) is 0 Å². The van der Waals surface area contributed by atoms with Crippen LogP contribution in [0.25, 0.3) is 11.0 Å². The van der Waals surface area contributed by atoms with E-state index in [1.807, 2.05) is 17.7 Å². The van der Waals surface area contributed by atoms with E-state index in [9.17, 15) is 0 Å². The predicted molar refractivity (Wildman–Crippen MR) is 80.7 cm³/mol. The Morgan fingerprint density at radius 2 is 2.15 bits per heavy atom. The van der Waals surface area contributed by atoms with Gasteiger partial charge in [-0.1, -0.05) is 29.5 Å². The zero-order chi connectivity index (χ0) is 14.1. The molecule has 0 aliphatic rings. The molecule has 0 atom stereocenters. The van der Waals surface area contributed by atoms with Crippen LogP contribution in [0.4, 0.5) is 5.82 Å². The van der Waals surface area contributed by atoms with Crippen LogP contribution in [0.1, 0.15) is 12.5 Å². The molecule has 0 spiro atoms. The van der Waals surface area contributed by atoms with Crippen molar-refractivity contribution in [2.75, 3.05) is 5.73 Å². The maximum absolute atomic E-state index is 5.99. The van der Waals surface area contributed by atoms with Crippen molar-refractivity contribution >= 4 is 28.6 Å². The fourth-order valence-corrected chi connectivity index (χ4v) is 3.13. The van der Waals surface area contributed by atoms with E-state index in [-0.39, 0.29) is 0 Å². The van der Waals surface area contributed by atoms with Gasteiger partial charge in [0.25, 0.3) is 0 Å². The minimum atomic E-state index is 0.477. The molecule has 2 N–H and O–H groups in total. The van der Waals surface area contributed by atoms with Gasteiger partial charge in [-0.05, 0) is 26.0 Å². The van der Waals surface area contributed by atoms with Crippen LogP contribution in [-0.4, -0.2) is 19.7 Å². The van der Waals surface area contributed by atoms with Crippen molar-refractivity contribution in [2.24, 2.45) is 0 Å². The first-order chi connectivity index (χ1) is 9.69. The van der Waals surface area contributed by atoms with Crippen LogP contribution in [0.2, 0.25) is 0 Å². The van der Waals surface area contributed by atoms with E-state index >= 15 is 0 Å². The summed E-state index contributed by atoms with van der Waals surface area (Å²) in [4.78, 5) is 9.50. The van der Waals surface area contributed by atoms with E-state index in [1.54, 1.807) is 11.8 Å². The van der Waals surface area contributed by atoms with Gasteiger partial charge in [0.05, 0.1) is 5.39 Å². The molecule has 0 amide bonds. The molecule has 0 aliphatic heterocycles. The molecule has 0 unspecified atom stereocenters. The van der Waals surface area contributed by atoms with Gasteiger partial charge >= 0.3 is 0 Å². The molecule has 3 aromatic rings. The summed E-state index contributed by atoms with van der Waals surface area (Å²) in [5.41, 5.74) is 8.00. The lowest BCUT2D eigenvalue weighted by molar-refractivity contribution is 0.656. The van der Waals surface area contributed by atoms with Gasteiger partial charge in [-0.2, -0.15) is 5.10 Å². The van der Waals surface area contributed by atoms with Crippen molar-refractivity contribution in [3.05, 3.63) is 36.2 Å². The molecule has 0 fully saturated rings. The monoisotopic (exact) mass is 285 g/mol. The lowest BCUT2D eigenvalue weighted by Gasteiger charge is -2.00. The highest BCUT2D eigenvalue weighted by molar-refractivity contribution is 7.99. The standard InChI is InChI=1S/C14H15N5S/c1-3-19-13-11(12(15)16-8-17-13)14(18-19)20-10-6-4-5-9(2)7-10/h4-8H,3H2,1-2H3,(H2,15,16,17). The Labute approximate surface area is 121 Å². The molecule has 102 valence electrons. The minimum absolute atomic E-state index is 0.477. The van der Waals surface area contributed by atoms with Crippen molar-refractivity contribution in [3.8, 4) is 0 Å². The van der Waals surface area contributed by atoms with E-state index in [0.717, 1.165) is 27.5 Å². The lowest BCUT2D eigenvalue weighted by atomic mass is 10.2.